The van der Waals surface area contributed by atoms with Crippen molar-refractivity contribution in [3.63, 3.8) is 0 Å². The second-order valence-electron chi connectivity index (χ2n) is 6.02. The molecule has 0 radical (unpaired) electrons. The Morgan fingerprint density at radius 1 is 1.27 bits per heavy atom. The second kappa shape index (κ2) is 7.76. The molecule has 8 heteroatoms. The molecule has 134 valence electrons. The van der Waals surface area contributed by atoms with Crippen LogP contribution in [0.3, 0.4) is 0 Å². The van der Waals surface area contributed by atoms with Crippen LogP contribution in [-0.4, -0.2) is 27.6 Å². The first-order chi connectivity index (χ1) is 12.8. The van der Waals surface area contributed by atoms with Gasteiger partial charge in [-0.1, -0.05) is 35.5 Å². The lowest BCUT2D eigenvalue weighted by Gasteiger charge is -2.01. The number of ether oxygens (including phenoxy) is 1. The molecule has 1 aliphatic heterocycles. The second-order valence-corrected chi connectivity index (χ2v) is 6.96. The number of carbonyl (C=O) groups excluding carboxylic acids is 1. The minimum atomic E-state index is -0.246. The maximum Gasteiger partial charge on any atom is 0.271 e. The molecule has 0 spiro atoms. The number of nitrogens with zero attached hydrogens (tertiary/aromatic N) is 3. The monoisotopic (exact) mass is 370 g/mol. The van der Waals surface area contributed by atoms with Gasteiger partial charge in [-0.3, -0.25) is 4.79 Å². The van der Waals surface area contributed by atoms with Crippen molar-refractivity contribution in [2.75, 3.05) is 6.61 Å². The summed E-state index contributed by atoms with van der Waals surface area (Å²) in [4.78, 5) is 21.0. The molecule has 1 saturated heterocycles. The van der Waals surface area contributed by atoms with Crippen LogP contribution in [0.4, 0.5) is 0 Å². The van der Waals surface area contributed by atoms with Crippen LogP contribution in [-0.2, 0) is 17.7 Å². The van der Waals surface area contributed by atoms with E-state index in [2.05, 4.69) is 20.4 Å². The molecule has 1 atom stereocenters. The van der Waals surface area contributed by atoms with Crippen molar-refractivity contribution in [3.05, 3.63) is 63.7 Å². The van der Waals surface area contributed by atoms with Crippen LogP contribution in [0.1, 0.15) is 51.7 Å². The van der Waals surface area contributed by atoms with Crippen molar-refractivity contribution in [2.45, 2.75) is 31.9 Å². The van der Waals surface area contributed by atoms with Crippen molar-refractivity contribution >= 4 is 17.2 Å². The van der Waals surface area contributed by atoms with Gasteiger partial charge in [0.25, 0.3) is 11.8 Å². The van der Waals surface area contributed by atoms with E-state index in [1.54, 1.807) is 5.38 Å². The van der Waals surface area contributed by atoms with Crippen molar-refractivity contribution in [1.82, 2.24) is 20.4 Å². The van der Waals surface area contributed by atoms with E-state index in [0.717, 1.165) is 17.8 Å². The highest BCUT2D eigenvalue weighted by molar-refractivity contribution is 7.09. The van der Waals surface area contributed by atoms with Crippen molar-refractivity contribution < 1.29 is 14.1 Å². The van der Waals surface area contributed by atoms with Crippen LogP contribution >= 0.6 is 11.3 Å². The largest absolute Gasteiger partial charge is 0.368 e. The Morgan fingerprint density at radius 3 is 2.96 bits per heavy atom. The van der Waals surface area contributed by atoms with Crippen LogP contribution in [0, 0.1) is 0 Å². The maximum atomic E-state index is 12.3. The summed E-state index contributed by atoms with van der Waals surface area (Å²) in [5, 5.41) is 9.33. The molecule has 1 unspecified atom stereocenters. The third-order valence-electron chi connectivity index (χ3n) is 4.08. The quantitative estimate of drug-likeness (QED) is 0.717. The first-order valence-corrected chi connectivity index (χ1v) is 9.36. The number of amides is 1. The number of carbonyl (C=O) groups is 1. The van der Waals surface area contributed by atoms with Crippen LogP contribution in [0.25, 0.3) is 0 Å². The fourth-order valence-electron chi connectivity index (χ4n) is 2.76. The molecule has 3 heterocycles. The van der Waals surface area contributed by atoms with E-state index in [1.165, 1.54) is 16.9 Å². The van der Waals surface area contributed by atoms with Crippen LogP contribution in [0.5, 0.6) is 0 Å². The van der Waals surface area contributed by atoms with E-state index in [0.29, 0.717) is 30.4 Å². The molecular weight excluding hydrogens is 352 g/mol. The van der Waals surface area contributed by atoms with Crippen LogP contribution in [0.2, 0.25) is 0 Å². The maximum absolute atomic E-state index is 12.3. The predicted molar refractivity (Wildman–Crippen MR) is 94.8 cm³/mol. The van der Waals surface area contributed by atoms with E-state index in [9.17, 15) is 4.79 Å². The van der Waals surface area contributed by atoms with Crippen molar-refractivity contribution in [3.8, 4) is 0 Å². The van der Waals surface area contributed by atoms with Gasteiger partial charge in [-0.05, 0) is 18.4 Å². The van der Waals surface area contributed by atoms with E-state index in [1.807, 2.05) is 30.3 Å². The number of aromatic nitrogens is 3. The third kappa shape index (κ3) is 3.97. The summed E-state index contributed by atoms with van der Waals surface area (Å²) in [6.07, 6.45) is 2.48. The highest BCUT2D eigenvalue weighted by atomic mass is 32.1. The summed E-state index contributed by atoms with van der Waals surface area (Å²) >= 11 is 1.48. The topological polar surface area (TPSA) is 90.1 Å². The number of benzene rings is 1. The van der Waals surface area contributed by atoms with Crippen LogP contribution in [0.15, 0.2) is 40.2 Å². The Bertz CT molecular complexity index is 871. The molecule has 2 aromatic heterocycles. The third-order valence-corrected chi connectivity index (χ3v) is 4.93. The summed E-state index contributed by atoms with van der Waals surface area (Å²) in [7, 11) is 0. The SMILES string of the molecule is O=C(NCc1noc(C2CCCO2)n1)c1csc(Cc2ccccc2)n1. The minimum absolute atomic E-state index is 0.119. The van der Waals surface area contributed by atoms with Crippen molar-refractivity contribution in [1.29, 1.82) is 0 Å². The number of thiazole rings is 1. The molecule has 4 rings (SSSR count). The van der Waals surface area contributed by atoms with Gasteiger partial charge >= 0.3 is 0 Å². The van der Waals surface area contributed by atoms with E-state index >= 15 is 0 Å². The first kappa shape index (κ1) is 16.9. The Hall–Kier alpha value is -2.58. The Morgan fingerprint density at radius 2 is 2.15 bits per heavy atom. The molecule has 0 saturated carbocycles. The summed E-state index contributed by atoms with van der Waals surface area (Å²) in [5.74, 6) is 0.665. The van der Waals surface area contributed by atoms with Gasteiger partial charge in [0, 0.05) is 18.4 Å². The molecule has 1 amide bonds. The number of hydrogen-bond donors (Lipinski definition) is 1. The zero-order valence-corrected chi connectivity index (χ0v) is 14.9. The minimum Gasteiger partial charge on any atom is -0.368 e. The predicted octanol–water partition coefficient (Wildman–Crippen LogP) is 2.90. The number of rotatable bonds is 6. The normalized spacial score (nSPS) is 16.7. The molecule has 1 fully saturated rings. The fraction of sp³-hybridized carbons (Fsp3) is 0.333. The molecule has 3 aromatic rings. The molecule has 7 nitrogen and oxygen atoms in total. The molecule has 26 heavy (non-hydrogen) atoms. The van der Waals surface area contributed by atoms with E-state index < -0.39 is 0 Å². The molecular formula is C18H18N4O3S. The first-order valence-electron chi connectivity index (χ1n) is 8.48. The van der Waals surface area contributed by atoms with Crippen LogP contribution < -0.4 is 5.32 Å². The zero-order chi connectivity index (χ0) is 17.8. The van der Waals surface area contributed by atoms with E-state index in [-0.39, 0.29) is 18.6 Å². The summed E-state index contributed by atoms with van der Waals surface area (Å²) < 4.78 is 10.7. The average Bonchev–Trinajstić information content (AvgIpc) is 3.41. The molecule has 1 aromatic carbocycles. The van der Waals surface area contributed by atoms with E-state index in [4.69, 9.17) is 9.26 Å². The van der Waals surface area contributed by atoms with Gasteiger partial charge < -0.3 is 14.6 Å². The van der Waals surface area contributed by atoms with Gasteiger partial charge in [-0.2, -0.15) is 4.98 Å². The van der Waals surface area contributed by atoms with Crippen molar-refractivity contribution in [2.24, 2.45) is 0 Å². The smallest absolute Gasteiger partial charge is 0.271 e. The van der Waals surface area contributed by atoms with Gasteiger partial charge in [0.15, 0.2) is 5.82 Å². The van der Waals surface area contributed by atoms with Gasteiger partial charge in [0.2, 0.25) is 0 Å². The molecule has 0 bridgehead atoms. The molecule has 1 aliphatic rings. The lowest BCUT2D eigenvalue weighted by molar-refractivity contribution is 0.0835. The lowest BCUT2D eigenvalue weighted by Crippen LogP contribution is -2.23. The highest BCUT2D eigenvalue weighted by Crippen LogP contribution is 2.26. The Balaban J connectivity index is 1.32. The summed E-state index contributed by atoms with van der Waals surface area (Å²) in [5.41, 5.74) is 1.58. The zero-order valence-electron chi connectivity index (χ0n) is 14.1. The van der Waals surface area contributed by atoms with Gasteiger partial charge in [-0.15, -0.1) is 11.3 Å². The Labute approximate surface area is 154 Å². The average molecular weight is 370 g/mol. The lowest BCUT2D eigenvalue weighted by atomic mass is 10.2. The molecule has 1 N–H and O–H groups in total. The van der Waals surface area contributed by atoms with Gasteiger partial charge in [-0.25, -0.2) is 4.98 Å². The fourth-order valence-corrected chi connectivity index (χ4v) is 3.57. The standard InChI is InChI=1S/C18H18N4O3S/c23-17(13-11-26-16(20-13)9-12-5-2-1-3-6-12)19-10-15-21-18(25-22-15)14-7-4-8-24-14/h1-3,5-6,11,14H,4,7-10H2,(H,19,23). The van der Waals surface area contributed by atoms with Gasteiger partial charge in [0.05, 0.1) is 11.6 Å². The summed E-state index contributed by atoms with van der Waals surface area (Å²) in [6, 6.07) is 10.1. The van der Waals surface area contributed by atoms with Gasteiger partial charge in [0.1, 0.15) is 11.8 Å². The number of nitrogens with one attached hydrogen (secondary N) is 1. The highest BCUT2D eigenvalue weighted by Gasteiger charge is 2.24. The Kier molecular flexibility index (Phi) is 5.03. The number of hydrogen-bond acceptors (Lipinski definition) is 7. The molecule has 0 aliphatic carbocycles. The summed E-state index contributed by atoms with van der Waals surface area (Å²) in [6.45, 7) is 0.912.